The van der Waals surface area contributed by atoms with Crippen LogP contribution in [0.15, 0.2) is 55.0 Å². The van der Waals surface area contributed by atoms with E-state index in [9.17, 15) is 0 Å². The summed E-state index contributed by atoms with van der Waals surface area (Å²) in [5.41, 5.74) is 12.3. The highest BCUT2D eigenvalue weighted by Gasteiger charge is 2.46. The first kappa shape index (κ1) is 22.1. The number of piperidine rings is 1. The number of benzene rings is 2. The zero-order chi connectivity index (χ0) is 24.6. The average Bonchev–Trinajstić information content (AvgIpc) is 3.53. The molecule has 4 heterocycles. The van der Waals surface area contributed by atoms with Crippen molar-refractivity contribution in [1.82, 2.24) is 24.1 Å². The van der Waals surface area contributed by atoms with Crippen LogP contribution in [0.5, 0.6) is 0 Å². The monoisotopic (exact) mass is 517 g/mol. The molecule has 9 heteroatoms. The van der Waals surface area contributed by atoms with E-state index < -0.39 is 0 Å². The Morgan fingerprint density at radius 1 is 1.03 bits per heavy atom. The zero-order valence-electron chi connectivity index (χ0n) is 19.8. The van der Waals surface area contributed by atoms with Gasteiger partial charge in [0.25, 0.3) is 0 Å². The summed E-state index contributed by atoms with van der Waals surface area (Å²) >= 11 is 13.2. The van der Waals surface area contributed by atoms with Crippen molar-refractivity contribution in [3.8, 4) is 11.4 Å². The van der Waals surface area contributed by atoms with Crippen molar-refractivity contribution in [1.29, 1.82) is 0 Å². The van der Waals surface area contributed by atoms with E-state index in [1.807, 2.05) is 37.8 Å². The van der Waals surface area contributed by atoms with Crippen LogP contribution in [0.4, 0.5) is 5.82 Å². The predicted molar refractivity (Wildman–Crippen MR) is 144 cm³/mol. The maximum Gasteiger partial charge on any atom is 0.160 e. The smallest absolute Gasteiger partial charge is 0.160 e. The van der Waals surface area contributed by atoms with Gasteiger partial charge in [0, 0.05) is 44.1 Å². The molecule has 0 unspecified atom stereocenters. The van der Waals surface area contributed by atoms with E-state index >= 15 is 0 Å². The number of imidazole rings is 1. The molecule has 36 heavy (non-hydrogen) atoms. The Bertz CT molecular complexity index is 1650. The first-order valence-electron chi connectivity index (χ1n) is 12.2. The van der Waals surface area contributed by atoms with Gasteiger partial charge in [-0.25, -0.2) is 9.97 Å². The van der Waals surface area contributed by atoms with Gasteiger partial charge in [0.15, 0.2) is 11.0 Å². The molecule has 5 aromatic rings. The van der Waals surface area contributed by atoms with Gasteiger partial charge in [-0.05, 0) is 47.9 Å². The number of aryl methyl sites for hydroxylation is 1. The predicted octanol–water partition coefficient (Wildman–Crippen LogP) is 5.43. The Morgan fingerprint density at radius 2 is 1.83 bits per heavy atom. The number of anilines is 1. The highest BCUT2D eigenvalue weighted by Crippen LogP contribution is 2.51. The van der Waals surface area contributed by atoms with Crippen molar-refractivity contribution in [3.05, 3.63) is 76.3 Å². The van der Waals surface area contributed by atoms with Crippen LogP contribution in [0.25, 0.3) is 27.8 Å². The molecule has 1 aliphatic carbocycles. The van der Waals surface area contributed by atoms with Crippen molar-refractivity contribution in [2.45, 2.75) is 25.3 Å². The summed E-state index contributed by atoms with van der Waals surface area (Å²) in [5, 5.41) is 5.97. The molecule has 2 aliphatic rings. The Kier molecular flexibility index (Phi) is 4.87. The second kappa shape index (κ2) is 7.93. The molecule has 7 rings (SSSR count). The van der Waals surface area contributed by atoms with Gasteiger partial charge in [0.2, 0.25) is 0 Å². The van der Waals surface area contributed by atoms with Crippen molar-refractivity contribution >= 4 is 45.4 Å². The van der Waals surface area contributed by atoms with Gasteiger partial charge in [0.05, 0.1) is 22.1 Å². The molecule has 7 nitrogen and oxygen atoms in total. The molecule has 1 fully saturated rings. The number of nitrogens with zero attached hydrogens (tertiary/aromatic N) is 6. The molecule has 0 radical (unpaired) electrons. The maximum absolute atomic E-state index is 6.83. The number of hydrogen-bond acceptors (Lipinski definition) is 5. The van der Waals surface area contributed by atoms with E-state index in [-0.39, 0.29) is 11.5 Å². The number of rotatable bonds is 2. The zero-order valence-corrected chi connectivity index (χ0v) is 21.3. The molecule has 182 valence electrons. The third kappa shape index (κ3) is 3.06. The quantitative estimate of drug-likeness (QED) is 0.337. The first-order valence-corrected chi connectivity index (χ1v) is 12.9. The lowest BCUT2D eigenvalue weighted by Crippen LogP contribution is -2.44. The van der Waals surface area contributed by atoms with Crippen LogP contribution in [0.3, 0.4) is 0 Å². The molecule has 2 aromatic carbocycles. The molecule has 0 amide bonds. The molecular weight excluding hydrogens is 493 g/mol. The third-order valence-corrected chi connectivity index (χ3v) is 8.90. The summed E-state index contributed by atoms with van der Waals surface area (Å²) in [6.07, 6.45) is 8.78. The van der Waals surface area contributed by atoms with Gasteiger partial charge in [0.1, 0.15) is 11.3 Å². The van der Waals surface area contributed by atoms with Crippen LogP contribution in [0.1, 0.15) is 30.0 Å². The van der Waals surface area contributed by atoms with Crippen molar-refractivity contribution in [2.24, 2.45) is 18.2 Å². The fraction of sp³-hybridized carbons (Fsp3) is 0.296. The fourth-order valence-electron chi connectivity index (χ4n) is 6.27. The minimum absolute atomic E-state index is 0.0949. The van der Waals surface area contributed by atoms with Crippen LogP contribution < -0.4 is 10.6 Å². The van der Waals surface area contributed by atoms with E-state index in [0.717, 1.165) is 66.0 Å². The first-order chi connectivity index (χ1) is 17.5. The van der Waals surface area contributed by atoms with Crippen molar-refractivity contribution in [2.75, 3.05) is 18.0 Å². The van der Waals surface area contributed by atoms with E-state index in [1.165, 1.54) is 11.1 Å². The lowest BCUT2D eigenvalue weighted by molar-refractivity contribution is 0.187. The number of hydrogen-bond donors (Lipinski definition) is 1. The minimum atomic E-state index is 0.0949. The van der Waals surface area contributed by atoms with Crippen molar-refractivity contribution in [3.63, 3.8) is 0 Å². The molecule has 1 aliphatic heterocycles. The Hall–Kier alpha value is -3.13. The largest absolute Gasteiger partial charge is 0.355 e. The topological polar surface area (TPSA) is 77.3 Å². The van der Waals surface area contributed by atoms with Crippen LogP contribution in [-0.2, 0) is 13.5 Å². The van der Waals surface area contributed by atoms with Gasteiger partial charge >= 0.3 is 0 Å². The number of halogens is 2. The lowest BCUT2D eigenvalue weighted by Gasteiger charge is -2.42. The number of fused-ring (bicyclic) bond motifs is 3. The molecule has 1 spiro atoms. The normalized spacial score (nSPS) is 19.0. The summed E-state index contributed by atoms with van der Waals surface area (Å²) < 4.78 is 3.79. The van der Waals surface area contributed by atoms with E-state index in [0.29, 0.717) is 10.2 Å². The van der Waals surface area contributed by atoms with Crippen LogP contribution in [-0.4, -0.2) is 37.2 Å². The Balaban J connectivity index is 1.22. The number of aromatic nitrogens is 5. The summed E-state index contributed by atoms with van der Waals surface area (Å²) in [6, 6.07) is 12.7. The fourth-order valence-corrected chi connectivity index (χ4v) is 6.95. The van der Waals surface area contributed by atoms with Crippen LogP contribution in [0, 0.1) is 5.41 Å². The van der Waals surface area contributed by atoms with Gasteiger partial charge in [-0.3, -0.25) is 9.08 Å². The highest BCUT2D eigenvalue weighted by atomic mass is 35.5. The van der Waals surface area contributed by atoms with E-state index in [2.05, 4.69) is 38.7 Å². The summed E-state index contributed by atoms with van der Waals surface area (Å²) in [6.45, 7) is 1.82. The summed E-state index contributed by atoms with van der Waals surface area (Å²) in [7, 11) is 1.85. The SMILES string of the molecule is Cn1nc(Cl)c2c(Cl)c(-c3ncc4c(N5CCC6(CC5)Cc5ccccc5[C@H]6N)nccn34)ccc21. The third-order valence-electron chi connectivity index (χ3n) is 8.24. The molecule has 0 bridgehead atoms. The van der Waals surface area contributed by atoms with Gasteiger partial charge in [-0.1, -0.05) is 47.5 Å². The highest BCUT2D eigenvalue weighted by molar-refractivity contribution is 6.43. The summed E-state index contributed by atoms with van der Waals surface area (Å²) in [4.78, 5) is 11.9. The van der Waals surface area contributed by atoms with E-state index in [1.54, 1.807) is 4.68 Å². The summed E-state index contributed by atoms with van der Waals surface area (Å²) in [5.74, 6) is 1.69. The second-order valence-corrected chi connectivity index (χ2v) is 10.8. The molecule has 1 saturated heterocycles. The maximum atomic E-state index is 6.83. The molecule has 2 N–H and O–H groups in total. The van der Waals surface area contributed by atoms with E-state index in [4.69, 9.17) is 38.9 Å². The Morgan fingerprint density at radius 3 is 2.64 bits per heavy atom. The van der Waals surface area contributed by atoms with Crippen LogP contribution >= 0.6 is 23.2 Å². The minimum Gasteiger partial charge on any atom is -0.355 e. The van der Waals surface area contributed by atoms with Gasteiger partial charge in [-0.15, -0.1) is 0 Å². The molecule has 3 aromatic heterocycles. The molecule has 1 atom stereocenters. The van der Waals surface area contributed by atoms with Gasteiger partial charge < -0.3 is 10.6 Å². The Labute approximate surface area is 218 Å². The van der Waals surface area contributed by atoms with Crippen molar-refractivity contribution < 1.29 is 0 Å². The molecular formula is C27H25Cl2N7. The van der Waals surface area contributed by atoms with Gasteiger partial charge in [-0.2, -0.15) is 5.10 Å². The standard InChI is InChI=1S/C27H25Cl2N7/c1-34-19-7-6-18(22(28)21(19)24(29)33-34)25-32-15-20-26(31-10-13-36(20)25)35-11-8-27(9-12-35)14-16-4-2-3-5-17(16)23(27)30/h2-7,10,13,15,23H,8-9,11-12,14,30H2,1H3/t23-/m1/s1. The van der Waals surface area contributed by atoms with Crippen LogP contribution in [0.2, 0.25) is 10.2 Å². The average molecular weight is 518 g/mol. The molecule has 0 saturated carbocycles. The number of nitrogens with two attached hydrogens (primary N) is 1. The second-order valence-electron chi connectivity index (χ2n) is 10.0. The lowest BCUT2D eigenvalue weighted by atomic mass is 9.73.